The molecule has 1 aromatic heterocycles. The van der Waals surface area contributed by atoms with Crippen LogP contribution in [0.15, 0.2) is 10.8 Å². The van der Waals surface area contributed by atoms with E-state index in [-0.39, 0.29) is 0 Å². The van der Waals surface area contributed by atoms with E-state index in [4.69, 9.17) is 9.15 Å². The Labute approximate surface area is 97.4 Å². The van der Waals surface area contributed by atoms with E-state index >= 15 is 0 Å². The molecule has 0 saturated carbocycles. The predicted octanol–water partition coefficient (Wildman–Crippen LogP) is 2.00. The van der Waals surface area contributed by atoms with Crippen molar-refractivity contribution in [2.45, 2.75) is 39.8 Å². The lowest BCUT2D eigenvalue weighted by molar-refractivity contribution is 0.156. The quantitative estimate of drug-likeness (QED) is 0.772. The van der Waals surface area contributed by atoms with E-state index in [9.17, 15) is 0 Å². The second-order valence-corrected chi connectivity index (χ2v) is 4.52. The van der Waals surface area contributed by atoms with E-state index in [0.29, 0.717) is 12.0 Å². The molecule has 0 aliphatic rings. The number of ether oxygens (including phenoxy) is 1. The highest BCUT2D eigenvalue weighted by Crippen LogP contribution is 2.13. The van der Waals surface area contributed by atoms with Gasteiger partial charge in [-0.1, -0.05) is 20.8 Å². The lowest BCUT2D eigenvalue weighted by Gasteiger charge is -2.10. The number of rotatable bonds is 7. The van der Waals surface area contributed by atoms with Gasteiger partial charge in [0.15, 0.2) is 6.39 Å². The van der Waals surface area contributed by atoms with Crippen LogP contribution in [0.3, 0.4) is 0 Å². The van der Waals surface area contributed by atoms with Gasteiger partial charge in [0.05, 0.1) is 5.69 Å². The lowest BCUT2D eigenvalue weighted by atomic mass is 10.1. The Morgan fingerprint density at radius 2 is 2.19 bits per heavy atom. The number of hydrogen-bond acceptors (Lipinski definition) is 4. The Morgan fingerprint density at radius 3 is 2.81 bits per heavy atom. The van der Waals surface area contributed by atoms with E-state index in [0.717, 1.165) is 31.0 Å². The van der Waals surface area contributed by atoms with Crippen LogP contribution in [-0.4, -0.2) is 24.7 Å². The van der Waals surface area contributed by atoms with Crippen LogP contribution in [0, 0.1) is 5.92 Å². The van der Waals surface area contributed by atoms with Crippen LogP contribution >= 0.6 is 0 Å². The molecular formula is C12H22N2O2. The molecule has 1 N–H and O–H groups in total. The predicted molar refractivity (Wildman–Crippen MR) is 63.2 cm³/mol. The van der Waals surface area contributed by atoms with Gasteiger partial charge < -0.3 is 14.5 Å². The molecule has 16 heavy (non-hydrogen) atoms. The van der Waals surface area contributed by atoms with Crippen LogP contribution in [-0.2, 0) is 17.7 Å². The van der Waals surface area contributed by atoms with Gasteiger partial charge in [0.1, 0.15) is 5.76 Å². The number of nitrogens with one attached hydrogen (secondary N) is 1. The Morgan fingerprint density at radius 1 is 1.44 bits per heavy atom. The number of aromatic nitrogens is 1. The van der Waals surface area contributed by atoms with Crippen molar-refractivity contribution < 1.29 is 9.15 Å². The van der Waals surface area contributed by atoms with Crippen LogP contribution in [0.2, 0.25) is 0 Å². The minimum absolute atomic E-state index is 0.454. The van der Waals surface area contributed by atoms with Crippen molar-refractivity contribution in [3.05, 3.63) is 17.8 Å². The van der Waals surface area contributed by atoms with Gasteiger partial charge in [0.2, 0.25) is 0 Å². The molecule has 0 aliphatic carbocycles. The first-order valence-electron chi connectivity index (χ1n) is 5.77. The smallest absolute Gasteiger partial charge is 0.181 e. The third-order valence-corrected chi connectivity index (χ3v) is 2.39. The highest BCUT2D eigenvalue weighted by atomic mass is 16.5. The molecule has 0 aliphatic heterocycles. The summed E-state index contributed by atoms with van der Waals surface area (Å²) in [5.74, 6) is 1.42. The first-order valence-corrected chi connectivity index (χ1v) is 5.77. The maximum Gasteiger partial charge on any atom is 0.181 e. The fourth-order valence-electron chi connectivity index (χ4n) is 1.56. The molecule has 4 nitrogen and oxygen atoms in total. The van der Waals surface area contributed by atoms with Crippen molar-refractivity contribution >= 4 is 0 Å². The van der Waals surface area contributed by atoms with Crippen LogP contribution in [0.1, 0.15) is 32.2 Å². The monoisotopic (exact) mass is 226 g/mol. The maximum absolute atomic E-state index is 5.41. The average Bonchev–Trinajstić information content (AvgIpc) is 2.62. The molecule has 0 saturated heterocycles. The van der Waals surface area contributed by atoms with Crippen molar-refractivity contribution in [1.82, 2.24) is 10.3 Å². The molecule has 1 rings (SSSR count). The lowest BCUT2D eigenvalue weighted by Crippen LogP contribution is -2.23. The second-order valence-electron chi connectivity index (χ2n) is 4.52. The fourth-order valence-corrected chi connectivity index (χ4v) is 1.56. The van der Waals surface area contributed by atoms with Crippen LogP contribution in [0.4, 0.5) is 0 Å². The Bertz CT molecular complexity index is 297. The minimum atomic E-state index is 0.454. The van der Waals surface area contributed by atoms with E-state index in [1.807, 2.05) is 0 Å². The average molecular weight is 226 g/mol. The second kappa shape index (κ2) is 6.66. The molecular weight excluding hydrogens is 204 g/mol. The Kier molecular flexibility index (Phi) is 5.49. The zero-order valence-corrected chi connectivity index (χ0v) is 10.6. The standard InChI is InChI=1S/C12H22N2O2/c1-9(2)13-6-11-12(16-8-14-11)5-10(3)7-15-4/h8-10,13H,5-7H2,1-4H3. The van der Waals surface area contributed by atoms with Crippen molar-refractivity contribution in [2.24, 2.45) is 5.92 Å². The van der Waals surface area contributed by atoms with Crippen molar-refractivity contribution in [3.8, 4) is 0 Å². The van der Waals surface area contributed by atoms with Gasteiger partial charge in [0, 0.05) is 32.7 Å². The largest absolute Gasteiger partial charge is 0.448 e. The van der Waals surface area contributed by atoms with Crippen molar-refractivity contribution in [2.75, 3.05) is 13.7 Å². The van der Waals surface area contributed by atoms with Crippen molar-refractivity contribution in [1.29, 1.82) is 0 Å². The van der Waals surface area contributed by atoms with Gasteiger partial charge in [-0.2, -0.15) is 0 Å². The van der Waals surface area contributed by atoms with Gasteiger partial charge in [-0.05, 0) is 5.92 Å². The summed E-state index contributed by atoms with van der Waals surface area (Å²) in [6, 6.07) is 0.459. The molecule has 1 atom stereocenters. The third kappa shape index (κ3) is 4.33. The van der Waals surface area contributed by atoms with E-state index in [2.05, 4.69) is 31.1 Å². The molecule has 0 radical (unpaired) electrons. The summed E-state index contributed by atoms with van der Waals surface area (Å²) < 4.78 is 10.5. The molecule has 0 spiro atoms. The molecule has 0 fully saturated rings. The first-order chi connectivity index (χ1) is 7.63. The summed E-state index contributed by atoms with van der Waals surface area (Å²) in [7, 11) is 1.72. The Hall–Kier alpha value is -0.870. The van der Waals surface area contributed by atoms with Gasteiger partial charge in [-0.3, -0.25) is 0 Å². The van der Waals surface area contributed by atoms with Gasteiger partial charge in [-0.15, -0.1) is 0 Å². The highest BCUT2D eigenvalue weighted by molar-refractivity contribution is 5.07. The molecule has 0 bridgehead atoms. The number of nitrogens with zero attached hydrogens (tertiary/aromatic N) is 1. The zero-order valence-electron chi connectivity index (χ0n) is 10.6. The van der Waals surface area contributed by atoms with Crippen molar-refractivity contribution in [3.63, 3.8) is 0 Å². The molecule has 0 aromatic carbocycles. The molecule has 0 amide bonds. The first kappa shape index (κ1) is 13.2. The maximum atomic E-state index is 5.41. The van der Waals surface area contributed by atoms with Crippen LogP contribution in [0.5, 0.6) is 0 Å². The number of oxazole rings is 1. The molecule has 92 valence electrons. The summed E-state index contributed by atoms with van der Waals surface area (Å²) in [5.41, 5.74) is 1.01. The van der Waals surface area contributed by atoms with E-state index in [1.54, 1.807) is 7.11 Å². The summed E-state index contributed by atoms with van der Waals surface area (Å²) in [6.07, 6.45) is 2.40. The van der Waals surface area contributed by atoms with Gasteiger partial charge in [0.25, 0.3) is 0 Å². The Balaban J connectivity index is 2.49. The highest BCUT2D eigenvalue weighted by Gasteiger charge is 2.12. The molecule has 1 aromatic rings. The third-order valence-electron chi connectivity index (χ3n) is 2.39. The number of methoxy groups -OCH3 is 1. The van der Waals surface area contributed by atoms with E-state index < -0.39 is 0 Å². The van der Waals surface area contributed by atoms with Crippen LogP contribution in [0.25, 0.3) is 0 Å². The summed E-state index contributed by atoms with van der Waals surface area (Å²) in [5, 5.41) is 3.34. The van der Waals surface area contributed by atoms with Gasteiger partial charge in [-0.25, -0.2) is 4.98 Å². The summed E-state index contributed by atoms with van der Waals surface area (Å²) >= 11 is 0. The fraction of sp³-hybridized carbons (Fsp3) is 0.750. The van der Waals surface area contributed by atoms with Crippen LogP contribution < -0.4 is 5.32 Å². The minimum Gasteiger partial charge on any atom is -0.448 e. The van der Waals surface area contributed by atoms with E-state index in [1.165, 1.54) is 6.39 Å². The molecule has 1 heterocycles. The molecule has 1 unspecified atom stereocenters. The SMILES string of the molecule is COCC(C)Cc1ocnc1CNC(C)C. The topological polar surface area (TPSA) is 47.3 Å². The number of hydrogen-bond donors (Lipinski definition) is 1. The summed E-state index contributed by atoms with van der Waals surface area (Å²) in [4.78, 5) is 4.23. The normalized spacial score (nSPS) is 13.3. The van der Waals surface area contributed by atoms with Gasteiger partial charge >= 0.3 is 0 Å². The summed E-state index contributed by atoms with van der Waals surface area (Å²) in [6.45, 7) is 7.90. The zero-order chi connectivity index (χ0) is 12.0. The molecule has 4 heteroatoms.